The Morgan fingerprint density at radius 3 is 2.78 bits per heavy atom. The number of benzene rings is 1. The molecule has 1 aromatic carbocycles. The fraction of sp³-hybridized carbons (Fsp3) is 0.238. The van der Waals surface area contributed by atoms with E-state index in [1.165, 1.54) is 21.7 Å². The summed E-state index contributed by atoms with van der Waals surface area (Å²) >= 11 is 3.49. The lowest BCUT2D eigenvalue weighted by Crippen LogP contribution is -2.17. The zero-order valence-electron chi connectivity index (χ0n) is 15.5. The van der Waals surface area contributed by atoms with Gasteiger partial charge in [0.05, 0.1) is 22.6 Å². The molecule has 0 aliphatic heterocycles. The van der Waals surface area contributed by atoms with Crippen LogP contribution in [-0.2, 0) is 13.1 Å². The number of nitrogens with zero attached hydrogens (tertiary/aromatic N) is 4. The van der Waals surface area contributed by atoms with Crippen molar-refractivity contribution >= 4 is 28.4 Å². The molecule has 0 unspecified atom stereocenters. The Balaban J connectivity index is 1.69. The highest BCUT2D eigenvalue weighted by atomic mass is 32.1. The summed E-state index contributed by atoms with van der Waals surface area (Å²) in [5.41, 5.74) is 4.78. The van der Waals surface area contributed by atoms with Crippen molar-refractivity contribution in [1.29, 1.82) is 0 Å². The van der Waals surface area contributed by atoms with Crippen LogP contribution in [0.1, 0.15) is 17.5 Å². The molecule has 138 valence electrons. The van der Waals surface area contributed by atoms with E-state index in [2.05, 4.69) is 69.1 Å². The molecule has 0 saturated carbocycles. The number of hydrogen-bond donors (Lipinski definition) is 0. The number of imidazole rings is 1. The van der Waals surface area contributed by atoms with Crippen LogP contribution in [0.2, 0.25) is 0 Å². The molecule has 4 rings (SSSR count). The predicted molar refractivity (Wildman–Crippen MR) is 114 cm³/mol. The van der Waals surface area contributed by atoms with Gasteiger partial charge in [-0.15, -0.1) is 22.7 Å². The second-order valence-corrected chi connectivity index (χ2v) is 8.37. The maximum absolute atomic E-state index is 4.99. The van der Waals surface area contributed by atoms with Crippen molar-refractivity contribution < 1.29 is 0 Å². The standard InChI is InChI=1S/C21H22N4S2/c1-16-6-7-18(17(2)13-16)23-21-25(10-4-9-24-11-8-22-15-24)19(14-27-21)20-5-3-12-26-20/h3,5-8,11-15H,4,9-10H2,1-2H3. The van der Waals surface area contributed by atoms with Gasteiger partial charge in [-0.3, -0.25) is 0 Å². The Morgan fingerprint density at radius 2 is 2.04 bits per heavy atom. The third-order valence-corrected chi connectivity index (χ3v) is 6.25. The molecule has 0 radical (unpaired) electrons. The average molecular weight is 395 g/mol. The third kappa shape index (κ3) is 4.12. The van der Waals surface area contributed by atoms with E-state index < -0.39 is 0 Å². The summed E-state index contributed by atoms with van der Waals surface area (Å²) in [6, 6.07) is 10.7. The van der Waals surface area contributed by atoms with Crippen LogP contribution in [0, 0.1) is 13.8 Å². The first kappa shape index (κ1) is 17.9. The number of rotatable bonds is 6. The second-order valence-electron chi connectivity index (χ2n) is 6.59. The molecule has 4 aromatic rings. The highest BCUT2D eigenvalue weighted by molar-refractivity contribution is 7.14. The third-order valence-electron chi connectivity index (χ3n) is 4.50. The Labute approximate surface area is 167 Å². The van der Waals surface area contributed by atoms with Crippen molar-refractivity contribution in [2.45, 2.75) is 33.4 Å². The zero-order valence-corrected chi connectivity index (χ0v) is 17.1. The Bertz CT molecular complexity index is 1070. The maximum Gasteiger partial charge on any atom is 0.190 e. The first-order valence-electron chi connectivity index (χ1n) is 9.00. The van der Waals surface area contributed by atoms with Crippen LogP contribution in [-0.4, -0.2) is 14.1 Å². The summed E-state index contributed by atoms with van der Waals surface area (Å²) in [5, 5.41) is 4.36. The van der Waals surface area contributed by atoms with E-state index in [9.17, 15) is 0 Å². The summed E-state index contributed by atoms with van der Waals surface area (Å²) in [6.07, 6.45) is 6.75. The van der Waals surface area contributed by atoms with Crippen LogP contribution in [0.25, 0.3) is 10.6 Å². The summed E-state index contributed by atoms with van der Waals surface area (Å²) in [5.74, 6) is 0. The second kappa shape index (κ2) is 8.06. The lowest BCUT2D eigenvalue weighted by Gasteiger charge is -2.09. The average Bonchev–Trinajstić information content (AvgIpc) is 3.40. The summed E-state index contributed by atoms with van der Waals surface area (Å²) in [7, 11) is 0. The van der Waals surface area contributed by atoms with Gasteiger partial charge in [0.25, 0.3) is 0 Å². The first-order chi connectivity index (χ1) is 13.2. The van der Waals surface area contributed by atoms with Crippen LogP contribution in [0.5, 0.6) is 0 Å². The number of thiazole rings is 1. The molecule has 0 spiro atoms. The van der Waals surface area contributed by atoms with Gasteiger partial charge < -0.3 is 9.13 Å². The summed E-state index contributed by atoms with van der Waals surface area (Å²) < 4.78 is 4.48. The van der Waals surface area contributed by atoms with Gasteiger partial charge >= 0.3 is 0 Å². The van der Waals surface area contributed by atoms with Crippen LogP contribution >= 0.6 is 22.7 Å². The van der Waals surface area contributed by atoms with Gasteiger partial charge in [0.1, 0.15) is 0 Å². The van der Waals surface area contributed by atoms with Crippen LogP contribution in [0.4, 0.5) is 5.69 Å². The largest absolute Gasteiger partial charge is 0.337 e. The van der Waals surface area contributed by atoms with E-state index in [0.29, 0.717) is 0 Å². The van der Waals surface area contributed by atoms with Gasteiger partial charge in [0, 0.05) is 30.9 Å². The van der Waals surface area contributed by atoms with Crippen molar-refractivity contribution in [3.63, 3.8) is 0 Å². The van der Waals surface area contributed by atoms with Crippen molar-refractivity contribution in [3.05, 3.63) is 75.7 Å². The van der Waals surface area contributed by atoms with Gasteiger partial charge in [0.2, 0.25) is 0 Å². The molecule has 0 bridgehead atoms. The summed E-state index contributed by atoms with van der Waals surface area (Å²) in [6.45, 7) is 6.13. The maximum atomic E-state index is 4.99. The molecule has 0 atom stereocenters. The van der Waals surface area contributed by atoms with Gasteiger partial charge in [0.15, 0.2) is 4.80 Å². The van der Waals surface area contributed by atoms with E-state index in [1.807, 2.05) is 18.7 Å². The number of aromatic nitrogens is 3. The molecule has 0 aliphatic rings. The Kier molecular flexibility index (Phi) is 5.36. The smallest absolute Gasteiger partial charge is 0.190 e. The molecular weight excluding hydrogens is 372 g/mol. The van der Waals surface area contributed by atoms with Crippen molar-refractivity contribution in [2.24, 2.45) is 4.99 Å². The molecule has 6 heteroatoms. The van der Waals surface area contributed by atoms with Crippen LogP contribution in [0.3, 0.4) is 0 Å². The van der Waals surface area contributed by atoms with Crippen molar-refractivity contribution in [1.82, 2.24) is 14.1 Å². The lowest BCUT2D eigenvalue weighted by molar-refractivity contribution is 0.559. The molecule has 0 fully saturated rings. The normalized spacial score (nSPS) is 12.0. The molecular formula is C21H22N4S2. The molecule has 0 aliphatic carbocycles. The van der Waals surface area contributed by atoms with E-state index in [4.69, 9.17) is 4.99 Å². The molecule has 3 aromatic heterocycles. The monoisotopic (exact) mass is 394 g/mol. The summed E-state index contributed by atoms with van der Waals surface area (Å²) in [4.78, 5) is 11.5. The van der Waals surface area contributed by atoms with Gasteiger partial charge in [-0.05, 0) is 43.3 Å². The van der Waals surface area contributed by atoms with Crippen LogP contribution < -0.4 is 4.80 Å². The Morgan fingerprint density at radius 1 is 1.11 bits per heavy atom. The highest BCUT2D eigenvalue weighted by Gasteiger charge is 2.09. The van der Waals surface area contributed by atoms with Crippen molar-refractivity contribution in [2.75, 3.05) is 0 Å². The minimum absolute atomic E-state index is 0.929. The predicted octanol–water partition coefficient (Wildman–Crippen LogP) is 5.41. The van der Waals surface area contributed by atoms with E-state index in [1.54, 1.807) is 22.7 Å². The minimum atomic E-state index is 0.929. The van der Waals surface area contributed by atoms with Gasteiger partial charge in [-0.25, -0.2) is 9.98 Å². The number of thiophene rings is 1. The van der Waals surface area contributed by atoms with Crippen LogP contribution in [0.15, 0.2) is 64.8 Å². The number of aryl methyl sites for hydroxylation is 3. The fourth-order valence-corrected chi connectivity index (χ4v) is 4.89. The molecule has 3 heterocycles. The molecule has 27 heavy (non-hydrogen) atoms. The van der Waals surface area contributed by atoms with E-state index >= 15 is 0 Å². The molecule has 0 saturated heterocycles. The Hall–Kier alpha value is -2.44. The molecule has 0 amide bonds. The quantitative estimate of drug-likeness (QED) is 0.430. The first-order valence-corrected chi connectivity index (χ1v) is 10.8. The highest BCUT2D eigenvalue weighted by Crippen LogP contribution is 2.26. The topological polar surface area (TPSA) is 35.1 Å². The molecule has 0 N–H and O–H groups in total. The van der Waals surface area contributed by atoms with Gasteiger partial charge in [-0.2, -0.15) is 0 Å². The van der Waals surface area contributed by atoms with Crippen molar-refractivity contribution in [3.8, 4) is 10.6 Å². The zero-order chi connectivity index (χ0) is 18.6. The van der Waals surface area contributed by atoms with Gasteiger partial charge in [-0.1, -0.05) is 23.8 Å². The van der Waals surface area contributed by atoms with E-state index in [0.717, 1.165) is 30.0 Å². The lowest BCUT2D eigenvalue weighted by atomic mass is 10.1. The fourth-order valence-electron chi connectivity index (χ4n) is 3.12. The van der Waals surface area contributed by atoms with E-state index in [-0.39, 0.29) is 0 Å². The number of hydrogen-bond acceptors (Lipinski definition) is 4. The molecule has 4 nitrogen and oxygen atoms in total. The SMILES string of the molecule is Cc1ccc(N=c2scc(-c3cccs3)n2CCCn2ccnc2)c(C)c1. The minimum Gasteiger partial charge on any atom is -0.337 e.